The molecule has 9 nitrogen and oxygen atoms in total. The first-order chi connectivity index (χ1) is 10.0. The van der Waals surface area contributed by atoms with Crippen molar-refractivity contribution in [3.8, 4) is 0 Å². The average molecular weight is 297 g/mol. The highest BCUT2D eigenvalue weighted by Gasteiger charge is 2.24. The molecule has 1 aliphatic heterocycles. The number of nitrogens with zero attached hydrogens (tertiary/aromatic N) is 5. The molecule has 1 aliphatic rings. The first-order valence-corrected chi connectivity index (χ1v) is 6.66. The number of methoxy groups -OCH3 is 1. The number of amides is 2. The second-order valence-corrected chi connectivity index (χ2v) is 4.88. The summed E-state index contributed by atoms with van der Waals surface area (Å²) in [7, 11) is 3.05. The number of aryl methyl sites for hydroxylation is 1. The van der Waals surface area contributed by atoms with Gasteiger partial charge in [-0.3, -0.25) is 14.2 Å². The number of carbonyl (C=O) groups is 2. The van der Waals surface area contributed by atoms with Gasteiger partial charge in [-0.25, -0.2) is 9.48 Å². The molecule has 0 N–H and O–H groups in total. The summed E-state index contributed by atoms with van der Waals surface area (Å²) in [5.74, 6) is -0.250. The minimum Gasteiger partial charge on any atom is -0.375 e. The van der Waals surface area contributed by atoms with E-state index < -0.39 is 0 Å². The molecule has 1 saturated heterocycles. The number of carbonyl (C=O) groups excluding carboxylic acids is 2. The summed E-state index contributed by atoms with van der Waals surface area (Å²) in [4.78, 5) is 38.7. The maximum absolute atomic E-state index is 12.1. The molecule has 21 heavy (non-hydrogen) atoms. The molecule has 0 bridgehead atoms. The van der Waals surface area contributed by atoms with Gasteiger partial charge in [0.25, 0.3) is 0 Å². The molecule has 2 amide bonds. The predicted octanol–water partition coefficient (Wildman–Crippen LogP) is -2.10. The summed E-state index contributed by atoms with van der Waals surface area (Å²) < 4.78 is 7.25. The maximum atomic E-state index is 12.1. The number of rotatable bonds is 4. The third-order valence-corrected chi connectivity index (χ3v) is 3.42. The lowest BCUT2D eigenvalue weighted by Crippen LogP contribution is -2.52. The van der Waals surface area contributed by atoms with Crippen LogP contribution in [-0.2, 0) is 27.9 Å². The Morgan fingerprint density at radius 3 is 2.24 bits per heavy atom. The first-order valence-electron chi connectivity index (χ1n) is 6.66. The summed E-state index contributed by atoms with van der Waals surface area (Å²) in [6.45, 7) is 1.84. The van der Waals surface area contributed by atoms with E-state index in [9.17, 15) is 14.4 Å². The molecule has 1 aromatic heterocycles. The Balaban J connectivity index is 1.87. The van der Waals surface area contributed by atoms with Crippen LogP contribution in [0.3, 0.4) is 0 Å². The van der Waals surface area contributed by atoms with Gasteiger partial charge in [0.1, 0.15) is 19.5 Å². The van der Waals surface area contributed by atoms with Gasteiger partial charge < -0.3 is 14.5 Å². The molecular formula is C12H19N5O4. The highest BCUT2D eigenvalue weighted by Crippen LogP contribution is 2.03. The van der Waals surface area contributed by atoms with Crippen LogP contribution in [-0.4, -0.2) is 75.9 Å². The molecular weight excluding hydrogens is 278 g/mol. The van der Waals surface area contributed by atoms with Gasteiger partial charge in [0.2, 0.25) is 11.8 Å². The summed E-state index contributed by atoms with van der Waals surface area (Å²) in [5.41, 5.74) is -0.322. The Morgan fingerprint density at radius 2 is 1.76 bits per heavy atom. The van der Waals surface area contributed by atoms with Gasteiger partial charge in [-0.2, -0.15) is 5.10 Å². The Hall–Kier alpha value is -2.16. The van der Waals surface area contributed by atoms with Crippen molar-refractivity contribution in [3.63, 3.8) is 0 Å². The largest absolute Gasteiger partial charge is 0.375 e. The summed E-state index contributed by atoms with van der Waals surface area (Å²) in [5, 5.41) is 3.86. The maximum Gasteiger partial charge on any atom is 0.345 e. The van der Waals surface area contributed by atoms with Gasteiger partial charge in [-0.1, -0.05) is 0 Å². The monoisotopic (exact) mass is 297 g/mol. The third-order valence-electron chi connectivity index (χ3n) is 3.42. The summed E-state index contributed by atoms with van der Waals surface area (Å²) >= 11 is 0. The Kier molecular flexibility index (Phi) is 4.73. The van der Waals surface area contributed by atoms with Crippen LogP contribution < -0.4 is 5.69 Å². The zero-order chi connectivity index (χ0) is 15.4. The Morgan fingerprint density at radius 1 is 1.19 bits per heavy atom. The molecule has 1 fully saturated rings. The van der Waals surface area contributed by atoms with E-state index in [0.29, 0.717) is 26.2 Å². The van der Waals surface area contributed by atoms with Crippen molar-refractivity contribution < 1.29 is 14.3 Å². The van der Waals surface area contributed by atoms with E-state index in [1.54, 1.807) is 16.8 Å². The molecule has 2 heterocycles. The second kappa shape index (κ2) is 6.53. The van der Waals surface area contributed by atoms with Crippen LogP contribution in [0, 0.1) is 0 Å². The van der Waals surface area contributed by atoms with Crippen molar-refractivity contribution in [2.75, 3.05) is 39.9 Å². The van der Waals surface area contributed by atoms with Crippen molar-refractivity contribution in [2.24, 2.45) is 7.05 Å². The van der Waals surface area contributed by atoms with Crippen molar-refractivity contribution in [3.05, 3.63) is 16.8 Å². The molecule has 0 saturated carbocycles. The molecule has 0 radical (unpaired) electrons. The zero-order valence-electron chi connectivity index (χ0n) is 12.2. The van der Waals surface area contributed by atoms with Crippen molar-refractivity contribution >= 4 is 11.8 Å². The van der Waals surface area contributed by atoms with Crippen LogP contribution in [0.1, 0.15) is 0 Å². The highest BCUT2D eigenvalue weighted by molar-refractivity contribution is 5.79. The minimum absolute atomic E-state index is 0.0529. The van der Waals surface area contributed by atoms with Crippen LogP contribution in [0.4, 0.5) is 0 Å². The molecule has 1 aromatic rings. The Labute approximate surface area is 121 Å². The van der Waals surface area contributed by atoms with E-state index in [0.717, 1.165) is 4.68 Å². The minimum atomic E-state index is -0.322. The number of aromatic nitrogens is 3. The van der Waals surface area contributed by atoms with Gasteiger partial charge >= 0.3 is 5.69 Å². The molecule has 0 unspecified atom stereocenters. The van der Waals surface area contributed by atoms with E-state index in [-0.39, 0.29) is 30.7 Å². The normalized spacial score (nSPS) is 15.3. The SMILES string of the molecule is COCC(=O)N1CCN(C(=O)Cn2ncn(C)c2=O)CC1. The fourth-order valence-electron chi connectivity index (χ4n) is 2.18. The van der Waals surface area contributed by atoms with Crippen molar-refractivity contribution in [2.45, 2.75) is 6.54 Å². The van der Waals surface area contributed by atoms with Gasteiger partial charge in [0.15, 0.2) is 0 Å². The lowest BCUT2D eigenvalue weighted by atomic mass is 10.3. The van der Waals surface area contributed by atoms with Gasteiger partial charge in [-0.15, -0.1) is 0 Å². The van der Waals surface area contributed by atoms with Gasteiger partial charge in [-0.05, 0) is 0 Å². The van der Waals surface area contributed by atoms with Crippen molar-refractivity contribution in [1.82, 2.24) is 24.1 Å². The molecule has 0 aromatic carbocycles. The summed E-state index contributed by atoms with van der Waals surface area (Å²) in [6.07, 6.45) is 1.37. The van der Waals surface area contributed by atoms with Crippen LogP contribution >= 0.6 is 0 Å². The molecule has 116 valence electrons. The lowest BCUT2D eigenvalue weighted by Gasteiger charge is -2.34. The van der Waals surface area contributed by atoms with Gasteiger partial charge in [0, 0.05) is 40.3 Å². The quantitative estimate of drug-likeness (QED) is 0.635. The van der Waals surface area contributed by atoms with E-state index in [2.05, 4.69) is 5.10 Å². The molecule has 0 aliphatic carbocycles. The molecule has 0 spiro atoms. The standard InChI is InChI=1S/C12H19N5O4/c1-14-9-13-17(12(14)20)7-10(18)15-3-5-16(6-4-15)11(19)8-21-2/h9H,3-8H2,1-2H3. The van der Waals surface area contributed by atoms with E-state index in [1.807, 2.05) is 0 Å². The van der Waals surface area contributed by atoms with Crippen molar-refractivity contribution in [1.29, 1.82) is 0 Å². The molecule has 0 atom stereocenters. The molecule has 2 rings (SSSR count). The smallest absolute Gasteiger partial charge is 0.345 e. The lowest BCUT2D eigenvalue weighted by molar-refractivity contribution is -0.142. The zero-order valence-corrected chi connectivity index (χ0v) is 12.2. The van der Waals surface area contributed by atoms with Gasteiger partial charge in [0.05, 0.1) is 0 Å². The number of hydrogen-bond acceptors (Lipinski definition) is 5. The second-order valence-electron chi connectivity index (χ2n) is 4.88. The first kappa shape index (κ1) is 15.2. The Bertz CT molecular complexity index is 570. The predicted molar refractivity (Wildman–Crippen MR) is 72.5 cm³/mol. The fraction of sp³-hybridized carbons (Fsp3) is 0.667. The number of ether oxygens (including phenoxy) is 1. The topological polar surface area (TPSA) is 89.7 Å². The van der Waals surface area contributed by atoms with E-state index >= 15 is 0 Å². The third kappa shape index (κ3) is 3.48. The van der Waals surface area contributed by atoms with E-state index in [1.165, 1.54) is 18.0 Å². The van der Waals surface area contributed by atoms with Crippen LogP contribution in [0.2, 0.25) is 0 Å². The van der Waals surface area contributed by atoms with E-state index in [4.69, 9.17) is 4.74 Å². The fourth-order valence-corrected chi connectivity index (χ4v) is 2.18. The van der Waals surface area contributed by atoms with Crippen LogP contribution in [0.25, 0.3) is 0 Å². The highest BCUT2D eigenvalue weighted by atomic mass is 16.5. The van der Waals surface area contributed by atoms with Crippen LogP contribution in [0.5, 0.6) is 0 Å². The molecule has 9 heteroatoms. The average Bonchev–Trinajstić information content (AvgIpc) is 2.79. The summed E-state index contributed by atoms with van der Waals surface area (Å²) in [6, 6.07) is 0. The van der Waals surface area contributed by atoms with Crippen LogP contribution in [0.15, 0.2) is 11.1 Å². The number of hydrogen-bond donors (Lipinski definition) is 0. The number of piperazine rings is 1.